The minimum atomic E-state index is 0.00463. The van der Waals surface area contributed by atoms with Gasteiger partial charge in [0.05, 0.1) is 13.2 Å². The van der Waals surface area contributed by atoms with Crippen LogP contribution in [0.3, 0.4) is 0 Å². The van der Waals surface area contributed by atoms with E-state index in [4.69, 9.17) is 4.74 Å². The quantitative estimate of drug-likeness (QED) is 0.497. The van der Waals surface area contributed by atoms with Crippen LogP contribution in [0.1, 0.15) is 6.42 Å². The fraction of sp³-hybridized carbons (Fsp3) is 0.857. The van der Waals surface area contributed by atoms with Gasteiger partial charge in [0.25, 0.3) is 0 Å². The summed E-state index contributed by atoms with van der Waals surface area (Å²) in [6.45, 7) is 2.91. The predicted octanol–water partition coefficient (Wildman–Crippen LogP) is -0.835. The first-order chi connectivity index (χ1) is 5.38. The number of carbonyl (C=O) groups excluding carboxylic acids is 1. The topological polar surface area (TPSA) is 41.6 Å². The zero-order valence-electron chi connectivity index (χ0n) is 6.38. The van der Waals surface area contributed by atoms with E-state index in [2.05, 4.69) is 5.32 Å². The average molecular weight is 156 g/mol. The van der Waals surface area contributed by atoms with Gasteiger partial charge in [0.2, 0.25) is 5.91 Å². The molecule has 0 saturated carbocycles. The zero-order chi connectivity index (χ0) is 7.68. The zero-order valence-corrected chi connectivity index (χ0v) is 6.38. The summed E-state index contributed by atoms with van der Waals surface area (Å²) in [5, 5.41) is 3.02. The van der Waals surface area contributed by atoms with Gasteiger partial charge in [-0.2, -0.15) is 0 Å². The number of hydrogen-bond acceptors (Lipinski definition) is 3. The minimum absolute atomic E-state index is 0.00463. The normalized spacial score (nSPS) is 31.8. The Morgan fingerprint density at radius 3 is 3.36 bits per heavy atom. The smallest absolute Gasteiger partial charge is 0.238 e. The number of carbonyl (C=O) groups is 1. The molecule has 62 valence electrons. The lowest BCUT2D eigenvalue weighted by molar-refractivity contribution is -0.158. The van der Waals surface area contributed by atoms with Gasteiger partial charge in [-0.1, -0.05) is 0 Å². The summed E-state index contributed by atoms with van der Waals surface area (Å²) in [5.41, 5.74) is 0. The molecule has 0 aromatic heterocycles. The van der Waals surface area contributed by atoms with E-state index in [-0.39, 0.29) is 12.1 Å². The fourth-order valence-electron chi connectivity index (χ4n) is 1.55. The molecule has 4 nitrogen and oxygen atoms in total. The van der Waals surface area contributed by atoms with E-state index >= 15 is 0 Å². The molecule has 0 aromatic rings. The Morgan fingerprint density at radius 2 is 2.55 bits per heavy atom. The molecule has 4 heteroatoms. The number of fused-ring (bicyclic) bond motifs is 1. The van der Waals surface area contributed by atoms with Crippen molar-refractivity contribution in [2.45, 2.75) is 12.6 Å². The van der Waals surface area contributed by atoms with E-state index in [0.717, 1.165) is 26.1 Å². The van der Waals surface area contributed by atoms with Crippen LogP contribution in [0.2, 0.25) is 0 Å². The van der Waals surface area contributed by atoms with E-state index < -0.39 is 0 Å². The van der Waals surface area contributed by atoms with Crippen molar-refractivity contribution in [1.82, 2.24) is 10.2 Å². The molecule has 2 aliphatic rings. The first-order valence-corrected chi connectivity index (χ1v) is 4.00. The maximum absolute atomic E-state index is 11.2. The highest BCUT2D eigenvalue weighted by molar-refractivity contribution is 5.79. The molecule has 1 unspecified atom stereocenters. The first-order valence-electron chi connectivity index (χ1n) is 4.00. The van der Waals surface area contributed by atoms with Crippen molar-refractivity contribution in [3.8, 4) is 0 Å². The van der Waals surface area contributed by atoms with Crippen LogP contribution in [0.5, 0.6) is 0 Å². The van der Waals surface area contributed by atoms with Gasteiger partial charge in [-0.25, -0.2) is 0 Å². The van der Waals surface area contributed by atoms with Gasteiger partial charge in [-0.3, -0.25) is 4.79 Å². The lowest BCUT2D eigenvalue weighted by Gasteiger charge is -2.38. The highest BCUT2D eigenvalue weighted by atomic mass is 16.5. The highest BCUT2D eigenvalue weighted by Crippen LogP contribution is 2.11. The summed E-state index contributed by atoms with van der Waals surface area (Å²) in [6.07, 6.45) is 0.979. The van der Waals surface area contributed by atoms with Crippen molar-refractivity contribution in [3.05, 3.63) is 0 Å². The third-order valence-electron chi connectivity index (χ3n) is 2.12. The highest BCUT2D eigenvalue weighted by Gasteiger charge is 2.30. The second-order valence-corrected chi connectivity index (χ2v) is 2.90. The van der Waals surface area contributed by atoms with Crippen molar-refractivity contribution < 1.29 is 9.53 Å². The Hall–Kier alpha value is -0.610. The second kappa shape index (κ2) is 2.79. The van der Waals surface area contributed by atoms with Gasteiger partial charge in [-0.15, -0.1) is 0 Å². The van der Waals surface area contributed by atoms with Crippen molar-refractivity contribution in [2.24, 2.45) is 0 Å². The Kier molecular flexibility index (Phi) is 1.79. The third kappa shape index (κ3) is 1.23. The van der Waals surface area contributed by atoms with Crippen LogP contribution in [0.15, 0.2) is 0 Å². The molecular weight excluding hydrogens is 144 g/mol. The Morgan fingerprint density at radius 1 is 1.64 bits per heavy atom. The van der Waals surface area contributed by atoms with E-state index in [1.807, 2.05) is 4.90 Å². The molecule has 0 spiro atoms. The minimum Gasteiger partial charge on any atom is -0.357 e. The molecule has 2 rings (SSSR count). The first kappa shape index (κ1) is 7.06. The van der Waals surface area contributed by atoms with Crippen LogP contribution in [-0.2, 0) is 9.53 Å². The SMILES string of the molecule is O=C1CNCC2OCCCN12. The molecular formula is C7H12N2O2. The van der Waals surface area contributed by atoms with E-state index in [1.165, 1.54) is 0 Å². The van der Waals surface area contributed by atoms with Crippen molar-refractivity contribution >= 4 is 5.91 Å². The van der Waals surface area contributed by atoms with Gasteiger partial charge in [-0.05, 0) is 6.42 Å². The third-order valence-corrected chi connectivity index (χ3v) is 2.12. The standard InChI is InChI=1S/C7H12N2O2/c10-6-4-8-5-7-9(6)2-1-3-11-7/h7-8H,1-5H2. The van der Waals surface area contributed by atoms with Crippen LogP contribution in [0.4, 0.5) is 0 Å². The molecule has 1 N–H and O–H groups in total. The summed E-state index contributed by atoms with van der Waals surface area (Å²) in [7, 11) is 0. The Labute approximate surface area is 65.5 Å². The number of ether oxygens (including phenoxy) is 1. The molecule has 2 aliphatic heterocycles. The molecule has 11 heavy (non-hydrogen) atoms. The van der Waals surface area contributed by atoms with Crippen LogP contribution in [-0.4, -0.2) is 43.3 Å². The number of nitrogens with one attached hydrogen (secondary N) is 1. The maximum Gasteiger partial charge on any atom is 0.238 e. The Bertz CT molecular complexity index is 170. The van der Waals surface area contributed by atoms with Gasteiger partial charge < -0.3 is 15.0 Å². The fourth-order valence-corrected chi connectivity index (χ4v) is 1.55. The number of hydrogen-bond donors (Lipinski definition) is 1. The average Bonchev–Trinajstić information content (AvgIpc) is 2.06. The largest absolute Gasteiger partial charge is 0.357 e. The monoisotopic (exact) mass is 156 g/mol. The van der Waals surface area contributed by atoms with E-state index in [1.54, 1.807) is 0 Å². The molecule has 0 aromatic carbocycles. The van der Waals surface area contributed by atoms with Gasteiger partial charge >= 0.3 is 0 Å². The number of rotatable bonds is 0. The maximum atomic E-state index is 11.2. The van der Waals surface area contributed by atoms with Crippen LogP contribution in [0.25, 0.3) is 0 Å². The molecule has 0 radical (unpaired) electrons. The number of piperazine rings is 1. The van der Waals surface area contributed by atoms with Crippen molar-refractivity contribution in [3.63, 3.8) is 0 Å². The molecule has 1 atom stereocenters. The molecule has 0 bridgehead atoms. The molecule has 1 amide bonds. The van der Waals surface area contributed by atoms with Crippen molar-refractivity contribution in [2.75, 3.05) is 26.2 Å². The molecule has 2 fully saturated rings. The Balaban J connectivity index is 2.05. The van der Waals surface area contributed by atoms with Crippen LogP contribution < -0.4 is 5.32 Å². The van der Waals surface area contributed by atoms with Crippen molar-refractivity contribution in [1.29, 1.82) is 0 Å². The van der Waals surface area contributed by atoms with Crippen LogP contribution in [0, 0.1) is 0 Å². The summed E-state index contributed by atoms with van der Waals surface area (Å²) in [4.78, 5) is 13.0. The summed E-state index contributed by atoms with van der Waals surface area (Å²) < 4.78 is 5.39. The van der Waals surface area contributed by atoms with E-state index in [0.29, 0.717) is 6.54 Å². The number of amides is 1. The summed E-state index contributed by atoms with van der Waals surface area (Å²) in [6, 6.07) is 0. The second-order valence-electron chi connectivity index (χ2n) is 2.90. The summed E-state index contributed by atoms with van der Waals surface area (Å²) in [5.74, 6) is 0.168. The predicted molar refractivity (Wildman–Crippen MR) is 38.9 cm³/mol. The molecule has 2 heterocycles. The summed E-state index contributed by atoms with van der Waals surface area (Å²) >= 11 is 0. The van der Waals surface area contributed by atoms with Gasteiger partial charge in [0.1, 0.15) is 6.23 Å². The van der Waals surface area contributed by atoms with Crippen LogP contribution >= 0.6 is 0 Å². The lowest BCUT2D eigenvalue weighted by atomic mass is 10.2. The molecule has 0 aliphatic carbocycles. The van der Waals surface area contributed by atoms with E-state index in [9.17, 15) is 4.79 Å². The number of nitrogens with zero attached hydrogens (tertiary/aromatic N) is 1. The lowest BCUT2D eigenvalue weighted by Crippen LogP contribution is -2.58. The van der Waals surface area contributed by atoms with Gasteiger partial charge in [0.15, 0.2) is 0 Å². The molecule has 2 saturated heterocycles. The van der Waals surface area contributed by atoms with Gasteiger partial charge in [0, 0.05) is 13.1 Å².